The normalized spacial score (nSPS) is 12.0. The van der Waals surface area contributed by atoms with Gasteiger partial charge >= 0.3 is 642 Å². The first-order valence-electron chi connectivity index (χ1n) is 20.6. The van der Waals surface area contributed by atoms with Crippen LogP contribution in [-0.2, 0) is 170 Å². The van der Waals surface area contributed by atoms with Gasteiger partial charge in [-0.2, -0.15) is 0 Å². The molecule has 1 aliphatic carbocycles. The van der Waals surface area contributed by atoms with Gasteiger partial charge in [-0.25, -0.2) is 0 Å². The maximum atomic E-state index is 11.1. The van der Waals surface area contributed by atoms with Crippen molar-refractivity contribution in [1.29, 1.82) is 0 Å². The van der Waals surface area contributed by atoms with Crippen molar-refractivity contribution in [2.24, 2.45) is 0 Å². The van der Waals surface area contributed by atoms with Gasteiger partial charge < -0.3 is 351 Å². The summed E-state index contributed by atoms with van der Waals surface area (Å²) >= 11 is 0. The monoisotopic (exact) mass is 3420 g/mol. The van der Waals surface area contributed by atoms with E-state index in [1.54, 1.807) is 0 Å². The van der Waals surface area contributed by atoms with Crippen LogP contribution in [0.1, 0.15) is 0 Å². The number of carbonyl (C=O) groups is 24. The molecule has 0 unspecified atom stereocenters. The second-order valence-corrected chi connectivity index (χ2v) is 19.6. The third kappa shape index (κ3) is 215. The van der Waals surface area contributed by atoms with Crippen molar-refractivity contribution in [3.8, 4) is 0 Å². The summed E-state index contributed by atoms with van der Waals surface area (Å²) < 4.78 is 88.3. The number of phosphoric acid groups is 6. The van der Waals surface area contributed by atoms with E-state index in [4.69, 9.17) is 238 Å². The third-order valence-corrected chi connectivity index (χ3v) is 8.46. The Hall–Kier alpha value is 9.52. The minimum absolute atomic E-state index is 0. The van der Waals surface area contributed by atoms with Crippen LogP contribution >= 0.6 is 46.9 Å². The number of carboxylic acids is 24. The molecule has 72 nitrogen and oxygen atoms in total. The first-order chi connectivity index (χ1) is 47.3. The first kappa shape index (κ1) is 251. The molecule has 0 aromatic rings. The Morgan fingerprint density at radius 2 is 0.152 bits per heavy atom. The average Bonchev–Trinajstić information content (AvgIpc) is 0.744. The van der Waals surface area contributed by atoms with E-state index in [9.17, 15) is 86.1 Å². The fourth-order valence-corrected chi connectivity index (χ4v) is 5.96. The molecule has 1 aliphatic rings. The van der Waals surface area contributed by atoms with Crippen LogP contribution in [0.3, 0.4) is 0 Å². The van der Waals surface area contributed by atoms with Crippen molar-refractivity contribution in [1.82, 2.24) is 0 Å². The number of phosphoric ester groups is 6. The van der Waals surface area contributed by atoms with E-state index in [0.29, 0.717) is 0 Å². The van der Waals surface area contributed by atoms with Crippen LogP contribution in [0, 0.1) is 0 Å². The number of hydrogen-bond donors (Lipinski definition) is 0. The summed E-state index contributed by atoms with van der Waals surface area (Å²) in [6, 6.07) is 0. The molecule has 1 fully saturated rings. The average molecular weight is 3400 g/mol. The second kappa shape index (κ2) is 137. The quantitative estimate of drug-likeness (QED) is 0.0994. The van der Waals surface area contributed by atoms with E-state index in [-0.39, 0.29) is 642 Å². The van der Waals surface area contributed by atoms with Gasteiger partial charge in [0.25, 0.3) is 0 Å². The van der Waals surface area contributed by atoms with Gasteiger partial charge in [-0.1, -0.05) is 0 Å². The molecule has 0 aromatic carbocycles. The van der Waals surface area contributed by atoms with Crippen LogP contribution in [-0.4, -0.2) is 467 Å². The number of carboxylic acid groups (broad SMARTS) is 24. The van der Waals surface area contributed by atoms with Gasteiger partial charge in [0.1, 0.15) is 36.6 Å². The Labute approximate surface area is 1190 Å². The molecule has 0 amide bonds. The van der Waals surface area contributed by atoms with Crippen molar-refractivity contribution < 1.29 is 706 Å². The third-order valence-electron chi connectivity index (χ3n) is 5.45. The van der Waals surface area contributed by atoms with Crippen molar-refractivity contribution in [3.63, 3.8) is 0 Å². The van der Waals surface area contributed by atoms with Crippen LogP contribution in [0.15, 0.2) is 0 Å². The number of rotatable bonds is 12. The van der Waals surface area contributed by atoms with E-state index in [2.05, 4.69) is 27.1 Å². The Balaban J connectivity index is -0.0000000240. The van der Waals surface area contributed by atoms with E-state index < -0.39 is 227 Å². The fourth-order valence-electron chi connectivity index (χ4n) is 2.74. The Morgan fingerprint density at radius 3 is 0.167 bits per heavy atom. The zero-order valence-corrected chi connectivity index (χ0v) is 129. The summed E-state index contributed by atoms with van der Waals surface area (Å²) in [7, 11) is -40.1. The van der Waals surface area contributed by atoms with Gasteiger partial charge in [0.05, 0.1) is 190 Å². The molecule has 24 radical (unpaired) electrons. The van der Waals surface area contributed by atoms with Crippen LogP contribution < -0.4 is 536 Å². The molecule has 102 heteroatoms. The number of hydrogen-bond acceptors (Lipinski definition) is 72. The van der Waals surface area contributed by atoms with E-state index >= 15 is 0 Å². The zero-order chi connectivity index (χ0) is 90.6. The molecule has 0 atom stereocenters. The van der Waals surface area contributed by atoms with Crippen LogP contribution in [0.5, 0.6) is 0 Å². The second-order valence-electron chi connectivity index (χ2n) is 13.0. The Kier molecular flexibility index (Phi) is 260. The molecular weight excluding hydrogens is 3400 g/mol. The van der Waals surface area contributed by atoms with Crippen LogP contribution in [0.25, 0.3) is 0 Å². The molecule has 0 bridgehead atoms. The summed E-state index contributed by atoms with van der Waals surface area (Å²) in [4.78, 5) is 347. The van der Waals surface area contributed by atoms with Crippen molar-refractivity contribution >= 4 is 477 Å². The molecule has 0 aliphatic heterocycles. The molecule has 0 N–H and O–H groups in total. The van der Waals surface area contributed by atoms with Crippen LogP contribution in [0.4, 0.5) is 0 Å². The minimum Gasteiger partial charge on any atom is -0.790 e. The molecule has 0 saturated heterocycles. The van der Waals surface area contributed by atoms with Gasteiger partial charge in [0.15, 0.2) is 0 Å². The van der Waals surface area contributed by atoms with Gasteiger partial charge in [-0.3, -0.25) is 0 Å². The summed E-state index contributed by atoms with van der Waals surface area (Å²) in [6.45, 7) is 0. The molecule has 0 spiro atoms. The smallest absolute Gasteiger partial charge is 0.790 e. The van der Waals surface area contributed by atoms with E-state index in [1.807, 2.05) is 0 Å². The Morgan fingerprint density at radius 1 is 0.121 bits per heavy atom. The van der Waals surface area contributed by atoms with Crippen molar-refractivity contribution in [2.45, 2.75) is 36.6 Å². The zero-order valence-electron chi connectivity index (χ0n) is 65.5. The number of carbonyl (C=O) groups excluding carboxylic acids is 24. The Bertz CT molecular complexity index is 2750. The molecule has 132 heavy (non-hydrogen) atoms. The summed E-state index contributed by atoms with van der Waals surface area (Å²) in [5.41, 5.74) is 0. The number of aliphatic carboxylic acids is 24. The standard InChI is InChI=1S/C6H18O24P6.12C2H2O4.12Na.12Sn/c7-31(8,9)25-1-2(26-32(10,11)12)4(28-34(16,17)18)6(30-36(22,23)24)5(29-35(19,20)21)3(1)27-33(13,14)15;12*3-1(4)2(5)6;;;;;;;;;;;;;;;;;;;;;;;;/h1-6H,(H2,7,8,9)(H2,10,11,12)(H2,13,14,15)(H2,16,17,18)(H2,19,20,21)(H2,22,23,24);12*(H,3,4)(H,5,6);;;;;;;;;;;;;;;;;;;;;;;;/q;;;;;;;;;;;;;12*+1;12*+2/p-36. The first-order valence-corrected chi connectivity index (χ1v) is 29.4. The molecular formula is C30H6Na12O72P6Sn12. The predicted octanol–water partition coefficient (Wildman–Crippen LogP) is -93.4. The fraction of sp³-hybridized carbons (Fsp3) is 0.200. The van der Waals surface area contributed by atoms with Gasteiger partial charge in [-0.05, 0) is 0 Å². The summed E-state index contributed by atoms with van der Waals surface area (Å²) in [5.74, 6) is -52.4. The molecule has 0 aromatic heterocycles. The van der Waals surface area contributed by atoms with Gasteiger partial charge in [0.2, 0.25) is 0 Å². The largest absolute Gasteiger partial charge is 2.00 e. The molecule has 0 heterocycles. The predicted molar refractivity (Wildman–Crippen MR) is 264 cm³/mol. The van der Waals surface area contributed by atoms with E-state index in [1.165, 1.54) is 0 Å². The van der Waals surface area contributed by atoms with Crippen molar-refractivity contribution in [2.75, 3.05) is 0 Å². The summed E-state index contributed by atoms with van der Waals surface area (Å²) in [6.07, 6.45) is -21.5. The topological polar surface area (TPSA) is 1400 Å². The van der Waals surface area contributed by atoms with Crippen molar-refractivity contribution in [3.05, 3.63) is 0 Å². The van der Waals surface area contributed by atoms with Gasteiger partial charge in [0, 0.05) is 0 Å². The minimum atomic E-state index is -6.68. The summed E-state index contributed by atoms with van der Waals surface area (Å²) in [5, 5.41) is 214. The maximum absolute atomic E-state index is 11.1. The molecule has 648 valence electrons. The van der Waals surface area contributed by atoms with Gasteiger partial charge in [-0.15, -0.1) is 0 Å². The maximum Gasteiger partial charge on any atom is 2.00 e. The molecule has 1 rings (SSSR count). The van der Waals surface area contributed by atoms with E-state index in [0.717, 1.165) is 0 Å². The van der Waals surface area contributed by atoms with Crippen LogP contribution in [0.2, 0.25) is 0 Å². The molecule has 1 saturated carbocycles. The SMILES string of the molecule is O=C([O-])C(=O)[O-].O=C([O-])C(=O)[O-].O=C([O-])C(=O)[O-].O=C([O-])C(=O)[O-].O=C([O-])C(=O)[O-].O=C([O-])C(=O)[O-].O=C([O-])C(=O)[O-].O=C([O-])C(=O)[O-].O=C([O-])C(=O)[O-].O=C([O-])C(=O)[O-].O=C([O-])C(=O)[O-].O=C([O-])C(=O)[O-].O=P([O-])([O-])OC1C(OP(=O)([O-])[O-])C(OP(=O)([O-])[O-])C(OP(=O)([O-])[O-])C(OP(=O)([O-])[O-])C1OP(=O)([O-])[O-].[Na+].[Na+].[Na+].[Na+].[Na+].[Na+].[Na+].[Na+].[Na+].[Na+].[Na+].[Na+].[Sn+2].[Sn+2].[Sn+2].[Sn+2].[Sn+2].[Sn+2].[Sn+2].[Sn+2].[Sn+2].[Sn+2].[Sn+2].[Sn+2].